The van der Waals surface area contributed by atoms with Crippen molar-refractivity contribution in [2.75, 3.05) is 0 Å². The first kappa shape index (κ1) is 12.5. The molecule has 20 heavy (non-hydrogen) atoms. The lowest BCUT2D eigenvalue weighted by Gasteiger charge is -2.66. The molecule has 0 unspecified atom stereocenters. The summed E-state index contributed by atoms with van der Waals surface area (Å²) in [5, 5.41) is 0. The summed E-state index contributed by atoms with van der Waals surface area (Å²) in [6.07, 6.45) is 10.8. The van der Waals surface area contributed by atoms with Gasteiger partial charge in [-0.05, 0) is 83.4 Å². The largest absolute Gasteiger partial charge is 0.0596 e. The van der Waals surface area contributed by atoms with Crippen molar-refractivity contribution in [2.45, 2.75) is 79.6 Å². The Bertz CT molecular complexity index is 504. The second-order valence-electron chi connectivity index (χ2n) is 10.8. The fourth-order valence-electron chi connectivity index (χ4n) is 9.59. The molecule has 0 aromatic heterocycles. The lowest BCUT2D eigenvalue weighted by molar-refractivity contribution is -0.174. The lowest BCUT2D eigenvalue weighted by Crippen LogP contribution is -2.59. The van der Waals surface area contributed by atoms with Crippen molar-refractivity contribution < 1.29 is 0 Å². The Labute approximate surface area is 125 Å². The van der Waals surface area contributed by atoms with Crippen LogP contribution in [0.5, 0.6) is 0 Å². The quantitative estimate of drug-likeness (QED) is 0.533. The van der Waals surface area contributed by atoms with Crippen molar-refractivity contribution in [1.29, 1.82) is 0 Å². The summed E-state index contributed by atoms with van der Waals surface area (Å²) < 4.78 is 0. The molecule has 4 bridgehead atoms. The molecule has 6 fully saturated rings. The molecule has 7 atom stereocenters. The van der Waals surface area contributed by atoms with Crippen LogP contribution in [-0.2, 0) is 0 Å². The van der Waals surface area contributed by atoms with Crippen LogP contribution in [0.2, 0.25) is 0 Å². The van der Waals surface area contributed by atoms with E-state index in [1.54, 1.807) is 19.3 Å². The summed E-state index contributed by atoms with van der Waals surface area (Å²) in [4.78, 5) is 0. The van der Waals surface area contributed by atoms with Crippen LogP contribution in [0.25, 0.3) is 0 Å². The van der Waals surface area contributed by atoms with Crippen molar-refractivity contribution >= 4 is 0 Å². The average molecular weight is 272 g/mol. The summed E-state index contributed by atoms with van der Waals surface area (Å²) in [7, 11) is 0. The molecule has 0 amide bonds. The molecule has 0 radical (unpaired) electrons. The van der Waals surface area contributed by atoms with Gasteiger partial charge in [0.2, 0.25) is 0 Å². The highest BCUT2D eigenvalue weighted by atomic mass is 14.9. The summed E-state index contributed by atoms with van der Waals surface area (Å²) in [5.41, 5.74) is 3.47. The van der Waals surface area contributed by atoms with E-state index in [2.05, 4.69) is 34.6 Å². The highest BCUT2D eigenvalue weighted by Crippen LogP contribution is 2.96. The van der Waals surface area contributed by atoms with Crippen molar-refractivity contribution in [3.63, 3.8) is 0 Å². The van der Waals surface area contributed by atoms with Gasteiger partial charge in [0.25, 0.3) is 0 Å². The topological polar surface area (TPSA) is 0 Å². The van der Waals surface area contributed by atoms with Gasteiger partial charge in [0, 0.05) is 0 Å². The Morgan fingerprint density at radius 2 is 1.60 bits per heavy atom. The van der Waals surface area contributed by atoms with Gasteiger partial charge in [0.1, 0.15) is 0 Å². The fraction of sp³-hybridized carbons (Fsp3) is 1.00. The van der Waals surface area contributed by atoms with Crippen molar-refractivity contribution in [3.05, 3.63) is 0 Å². The Kier molecular flexibility index (Phi) is 1.82. The maximum atomic E-state index is 2.74. The van der Waals surface area contributed by atoms with Crippen molar-refractivity contribution in [3.8, 4) is 0 Å². The molecule has 0 heterocycles. The van der Waals surface area contributed by atoms with Crippen molar-refractivity contribution in [1.82, 2.24) is 0 Å². The van der Waals surface area contributed by atoms with Crippen LogP contribution in [0, 0.1) is 44.8 Å². The van der Waals surface area contributed by atoms with Gasteiger partial charge < -0.3 is 0 Å². The molecule has 0 aromatic carbocycles. The van der Waals surface area contributed by atoms with Crippen LogP contribution in [0.15, 0.2) is 0 Å². The summed E-state index contributed by atoms with van der Waals surface area (Å²) >= 11 is 0. The van der Waals surface area contributed by atoms with Crippen LogP contribution in [0.4, 0.5) is 0 Å². The monoisotopic (exact) mass is 272 g/mol. The molecule has 0 nitrogen and oxygen atoms in total. The molecular formula is C20H32. The maximum Gasteiger partial charge on any atom is -0.0176 e. The molecule has 0 N–H and O–H groups in total. The molecule has 6 rings (SSSR count). The number of hydrogen-bond donors (Lipinski definition) is 0. The molecule has 6 aliphatic rings. The molecular weight excluding hydrogens is 240 g/mol. The molecule has 0 saturated heterocycles. The Morgan fingerprint density at radius 1 is 0.850 bits per heavy atom. The van der Waals surface area contributed by atoms with E-state index in [1.807, 2.05) is 0 Å². The van der Waals surface area contributed by atoms with Crippen LogP contribution in [-0.4, -0.2) is 0 Å². The van der Waals surface area contributed by atoms with Crippen LogP contribution in [0.3, 0.4) is 0 Å². The third kappa shape index (κ3) is 0.925. The first-order chi connectivity index (χ1) is 9.21. The van der Waals surface area contributed by atoms with Gasteiger partial charge in [-0.2, -0.15) is 0 Å². The van der Waals surface area contributed by atoms with Crippen molar-refractivity contribution in [2.24, 2.45) is 44.8 Å². The Hall–Kier alpha value is 0. The predicted molar refractivity (Wildman–Crippen MR) is 83.3 cm³/mol. The van der Waals surface area contributed by atoms with E-state index >= 15 is 0 Å². The summed E-state index contributed by atoms with van der Waals surface area (Å²) in [5.74, 6) is 3.22. The minimum Gasteiger partial charge on any atom is -0.0596 e. The first-order valence-electron chi connectivity index (χ1n) is 9.21. The second kappa shape index (κ2) is 2.91. The Morgan fingerprint density at radius 3 is 2.25 bits per heavy atom. The van der Waals surface area contributed by atoms with Gasteiger partial charge in [0.15, 0.2) is 0 Å². The average Bonchev–Trinajstić information content (AvgIpc) is 2.62. The summed E-state index contributed by atoms with van der Waals surface area (Å²) in [6.45, 7) is 13.3. The zero-order valence-electron chi connectivity index (χ0n) is 14.2. The number of hydrogen-bond acceptors (Lipinski definition) is 0. The first-order valence-corrected chi connectivity index (χ1v) is 9.21. The molecule has 6 aliphatic carbocycles. The minimum absolute atomic E-state index is 0.597. The van der Waals surface area contributed by atoms with E-state index in [0.717, 1.165) is 28.6 Å². The van der Waals surface area contributed by atoms with E-state index in [4.69, 9.17) is 0 Å². The number of fused-ring (bicyclic) bond motifs is 1. The zero-order valence-corrected chi connectivity index (χ0v) is 14.2. The van der Waals surface area contributed by atoms with E-state index < -0.39 is 0 Å². The molecule has 0 aliphatic heterocycles. The van der Waals surface area contributed by atoms with E-state index in [9.17, 15) is 0 Å². The van der Waals surface area contributed by atoms with Gasteiger partial charge in [-0.3, -0.25) is 0 Å². The van der Waals surface area contributed by atoms with Gasteiger partial charge in [-0.15, -0.1) is 0 Å². The maximum absolute atomic E-state index is 2.74. The molecule has 6 saturated carbocycles. The molecule has 0 heteroatoms. The van der Waals surface area contributed by atoms with E-state index in [-0.39, 0.29) is 0 Å². The fourth-order valence-corrected chi connectivity index (χ4v) is 9.59. The van der Waals surface area contributed by atoms with E-state index in [0.29, 0.717) is 16.2 Å². The van der Waals surface area contributed by atoms with Crippen LogP contribution < -0.4 is 0 Å². The second-order valence-corrected chi connectivity index (χ2v) is 10.8. The Balaban J connectivity index is 1.69. The highest BCUT2D eigenvalue weighted by Gasteiger charge is 2.89. The van der Waals surface area contributed by atoms with Gasteiger partial charge >= 0.3 is 0 Å². The lowest BCUT2D eigenvalue weighted by atomic mass is 9.38. The summed E-state index contributed by atoms with van der Waals surface area (Å²) in [6, 6.07) is 0. The normalized spacial score (nSPS) is 68.5. The van der Waals surface area contributed by atoms with Crippen LogP contribution in [0.1, 0.15) is 79.6 Å². The van der Waals surface area contributed by atoms with E-state index in [1.165, 1.54) is 25.7 Å². The smallest absolute Gasteiger partial charge is 0.0176 e. The standard InChI is InChI=1S/C20H32/c1-16(2)8-6-9-18(4)14(16)7-10-19(5)15-13-11-20(18,19)12-17(13,15)3/h13-15H,6-12H2,1-5H3/t13-,14-,15+,17-,18-,19-,20+/m0/s1. The molecule has 1 spiro atoms. The predicted octanol–water partition coefficient (Wildman–Crippen LogP) is 5.67. The minimum atomic E-state index is 0.597. The SMILES string of the molecule is CC1(C)CCC[C@@]2(C)[C@H]1CC[C@@]1(C)[C@@H]3[C@@H]4C[C@]12C[C@]34C. The van der Waals surface area contributed by atoms with Crippen LogP contribution >= 0.6 is 0 Å². The number of rotatable bonds is 0. The molecule has 112 valence electrons. The third-order valence-electron chi connectivity index (χ3n) is 10.2. The molecule has 0 aromatic rings. The third-order valence-corrected chi connectivity index (χ3v) is 10.2. The van der Waals surface area contributed by atoms with Gasteiger partial charge in [0.05, 0.1) is 0 Å². The zero-order chi connectivity index (χ0) is 14.2. The van der Waals surface area contributed by atoms with Gasteiger partial charge in [-0.25, -0.2) is 0 Å². The van der Waals surface area contributed by atoms with Gasteiger partial charge in [-0.1, -0.05) is 41.0 Å². The highest BCUT2D eigenvalue weighted by molar-refractivity contribution is 5.37.